The van der Waals surface area contributed by atoms with Gasteiger partial charge in [0.25, 0.3) is 0 Å². The van der Waals surface area contributed by atoms with Crippen molar-refractivity contribution in [2.75, 3.05) is 18.4 Å². The van der Waals surface area contributed by atoms with Gasteiger partial charge in [0.05, 0.1) is 0 Å². The number of piperidine rings is 1. The highest BCUT2D eigenvalue weighted by atomic mass is 16.1. The van der Waals surface area contributed by atoms with Crippen molar-refractivity contribution >= 4 is 11.6 Å². The Hall–Kier alpha value is -1.55. The fraction of sp³-hybridized carbons (Fsp3) is 0.562. The zero-order valence-electron chi connectivity index (χ0n) is 12.1. The number of hydrogen-bond acceptors (Lipinski definition) is 3. The maximum Gasteiger partial charge on any atom is 0.249 e. The lowest BCUT2D eigenvalue weighted by Crippen LogP contribution is -2.41. The van der Waals surface area contributed by atoms with Crippen LogP contribution >= 0.6 is 0 Å². The van der Waals surface area contributed by atoms with Crippen LogP contribution in [0.5, 0.6) is 0 Å². The second-order valence-corrected chi connectivity index (χ2v) is 5.98. The Morgan fingerprint density at radius 3 is 2.95 bits per heavy atom. The quantitative estimate of drug-likeness (QED) is 0.887. The molecule has 0 saturated carbocycles. The lowest BCUT2D eigenvalue weighted by atomic mass is 9.98. The average Bonchev–Trinajstić information content (AvgIpc) is 2.84. The van der Waals surface area contributed by atoms with Gasteiger partial charge >= 0.3 is 0 Å². The third kappa shape index (κ3) is 2.40. The fourth-order valence-electron chi connectivity index (χ4n) is 3.67. The molecule has 3 N–H and O–H groups in total. The molecule has 1 aromatic carbocycles. The van der Waals surface area contributed by atoms with Crippen LogP contribution in [0, 0.1) is 6.92 Å². The van der Waals surface area contributed by atoms with Gasteiger partial charge in [-0.25, -0.2) is 0 Å². The molecule has 2 aliphatic heterocycles. The normalized spacial score (nSPS) is 26.2. The highest BCUT2D eigenvalue weighted by Gasteiger charge is 2.35. The smallest absolute Gasteiger partial charge is 0.249 e. The molecule has 4 nitrogen and oxygen atoms in total. The Kier molecular flexibility index (Phi) is 3.66. The molecule has 0 radical (unpaired) electrons. The lowest BCUT2D eigenvalue weighted by Gasteiger charge is -2.33. The molecule has 0 aromatic heterocycles. The first-order chi connectivity index (χ1) is 9.66. The van der Waals surface area contributed by atoms with Gasteiger partial charge in [-0.3, -0.25) is 9.69 Å². The van der Waals surface area contributed by atoms with E-state index in [1.165, 1.54) is 38.8 Å². The van der Waals surface area contributed by atoms with Crippen molar-refractivity contribution in [2.45, 2.75) is 44.7 Å². The summed E-state index contributed by atoms with van der Waals surface area (Å²) in [6, 6.07) is 6.90. The molecule has 2 unspecified atom stereocenters. The summed E-state index contributed by atoms with van der Waals surface area (Å²) in [5, 5.41) is 3.65. The van der Waals surface area contributed by atoms with Gasteiger partial charge in [-0.1, -0.05) is 12.5 Å². The van der Waals surface area contributed by atoms with E-state index in [0.717, 1.165) is 11.3 Å². The molecular weight excluding hydrogens is 250 g/mol. The molecular formula is C16H23N3O. The molecule has 20 heavy (non-hydrogen) atoms. The van der Waals surface area contributed by atoms with Gasteiger partial charge in [0.2, 0.25) is 5.91 Å². The number of carbonyl (C=O) groups excluding carboxylic acids is 1. The summed E-state index contributed by atoms with van der Waals surface area (Å²) in [5.41, 5.74) is 8.06. The van der Waals surface area contributed by atoms with E-state index >= 15 is 0 Å². The third-order valence-electron chi connectivity index (χ3n) is 4.80. The minimum atomic E-state index is -0.350. The topological polar surface area (TPSA) is 58.4 Å². The monoisotopic (exact) mass is 273 g/mol. The van der Waals surface area contributed by atoms with Crippen LogP contribution in [0.15, 0.2) is 18.2 Å². The van der Waals surface area contributed by atoms with E-state index in [0.29, 0.717) is 17.6 Å². The first kappa shape index (κ1) is 13.4. The number of fused-ring (bicyclic) bond motifs is 1. The number of hydrogen-bond donors (Lipinski definition) is 2. The van der Waals surface area contributed by atoms with E-state index in [2.05, 4.69) is 10.2 Å². The van der Waals surface area contributed by atoms with Gasteiger partial charge in [0, 0.05) is 29.9 Å². The van der Waals surface area contributed by atoms with Crippen LogP contribution in [0.2, 0.25) is 0 Å². The van der Waals surface area contributed by atoms with Gasteiger partial charge < -0.3 is 11.1 Å². The Bertz CT molecular complexity index is 514. The number of amides is 1. The molecule has 108 valence electrons. The second kappa shape index (κ2) is 5.44. The Morgan fingerprint density at radius 2 is 2.15 bits per heavy atom. The summed E-state index contributed by atoms with van der Waals surface area (Å²) in [6.07, 6.45) is 5.14. The predicted molar refractivity (Wildman–Crippen MR) is 80.9 cm³/mol. The third-order valence-corrected chi connectivity index (χ3v) is 4.80. The average molecular weight is 273 g/mol. The molecule has 2 aliphatic rings. The number of rotatable bonds is 3. The lowest BCUT2D eigenvalue weighted by molar-refractivity contribution is 0.1000. The van der Waals surface area contributed by atoms with Crippen molar-refractivity contribution < 1.29 is 4.79 Å². The number of nitrogens with two attached hydrogens (primary N) is 1. The first-order valence-corrected chi connectivity index (χ1v) is 7.57. The second-order valence-electron chi connectivity index (χ2n) is 5.98. The molecule has 0 aliphatic carbocycles. The number of carbonyl (C=O) groups is 1. The van der Waals surface area contributed by atoms with Crippen LogP contribution in [-0.4, -0.2) is 36.0 Å². The molecule has 0 bridgehead atoms. The van der Waals surface area contributed by atoms with E-state index in [9.17, 15) is 4.79 Å². The zero-order chi connectivity index (χ0) is 14.1. The SMILES string of the molecule is Cc1c(NC2CCN3CCCCC23)cccc1C(N)=O. The standard InChI is InChI=1S/C16H23N3O/c1-11-12(16(17)20)5-4-6-13(11)18-14-8-10-19-9-3-2-7-15(14)19/h4-6,14-15,18H,2-3,7-10H2,1H3,(H2,17,20). The molecule has 2 fully saturated rings. The summed E-state index contributed by atoms with van der Waals surface area (Å²) >= 11 is 0. The fourth-order valence-corrected chi connectivity index (χ4v) is 3.67. The van der Waals surface area contributed by atoms with E-state index in [1.54, 1.807) is 6.07 Å². The number of primary amides is 1. The van der Waals surface area contributed by atoms with E-state index in [1.807, 2.05) is 19.1 Å². The number of benzene rings is 1. The number of nitrogens with zero attached hydrogens (tertiary/aromatic N) is 1. The summed E-state index contributed by atoms with van der Waals surface area (Å²) in [5.74, 6) is -0.350. The summed E-state index contributed by atoms with van der Waals surface area (Å²) in [4.78, 5) is 14.0. The molecule has 2 atom stereocenters. The Labute approximate surface area is 120 Å². The molecule has 1 aromatic rings. The van der Waals surface area contributed by atoms with Crippen molar-refractivity contribution in [2.24, 2.45) is 5.73 Å². The Morgan fingerprint density at radius 1 is 1.30 bits per heavy atom. The van der Waals surface area contributed by atoms with E-state index in [4.69, 9.17) is 5.73 Å². The maximum absolute atomic E-state index is 11.4. The van der Waals surface area contributed by atoms with Crippen LogP contribution in [0.3, 0.4) is 0 Å². The molecule has 3 rings (SSSR count). The number of anilines is 1. The van der Waals surface area contributed by atoms with Gasteiger partial charge in [-0.05, 0) is 50.4 Å². The van der Waals surface area contributed by atoms with Crippen molar-refractivity contribution in [1.29, 1.82) is 0 Å². The summed E-state index contributed by atoms with van der Waals surface area (Å²) in [6.45, 7) is 4.40. The highest BCUT2D eigenvalue weighted by Crippen LogP contribution is 2.30. The molecule has 1 amide bonds. The predicted octanol–water partition coefficient (Wildman–Crippen LogP) is 2.13. The van der Waals surface area contributed by atoms with Crippen molar-refractivity contribution in [3.8, 4) is 0 Å². The van der Waals surface area contributed by atoms with Gasteiger partial charge in [-0.2, -0.15) is 0 Å². The summed E-state index contributed by atoms with van der Waals surface area (Å²) in [7, 11) is 0. The zero-order valence-corrected chi connectivity index (χ0v) is 12.1. The van der Waals surface area contributed by atoms with Crippen LogP contribution < -0.4 is 11.1 Å². The molecule has 4 heteroatoms. The molecule has 2 saturated heterocycles. The van der Waals surface area contributed by atoms with Crippen LogP contribution in [0.25, 0.3) is 0 Å². The summed E-state index contributed by atoms with van der Waals surface area (Å²) < 4.78 is 0. The van der Waals surface area contributed by atoms with Gasteiger partial charge in [0.1, 0.15) is 0 Å². The minimum Gasteiger partial charge on any atom is -0.380 e. The van der Waals surface area contributed by atoms with Crippen molar-refractivity contribution in [3.05, 3.63) is 29.3 Å². The van der Waals surface area contributed by atoms with Gasteiger partial charge in [-0.15, -0.1) is 0 Å². The molecule has 0 spiro atoms. The van der Waals surface area contributed by atoms with Crippen molar-refractivity contribution in [1.82, 2.24) is 4.90 Å². The van der Waals surface area contributed by atoms with Gasteiger partial charge in [0.15, 0.2) is 0 Å². The maximum atomic E-state index is 11.4. The Balaban J connectivity index is 1.78. The van der Waals surface area contributed by atoms with Crippen LogP contribution in [-0.2, 0) is 0 Å². The highest BCUT2D eigenvalue weighted by molar-refractivity contribution is 5.95. The van der Waals surface area contributed by atoms with Crippen LogP contribution in [0.1, 0.15) is 41.6 Å². The van der Waals surface area contributed by atoms with E-state index in [-0.39, 0.29) is 5.91 Å². The molecule has 2 heterocycles. The van der Waals surface area contributed by atoms with E-state index < -0.39 is 0 Å². The van der Waals surface area contributed by atoms with Crippen LogP contribution in [0.4, 0.5) is 5.69 Å². The minimum absolute atomic E-state index is 0.350. The van der Waals surface area contributed by atoms with Crippen molar-refractivity contribution in [3.63, 3.8) is 0 Å². The first-order valence-electron chi connectivity index (χ1n) is 7.57. The number of nitrogens with one attached hydrogen (secondary N) is 1. The largest absolute Gasteiger partial charge is 0.380 e.